The fourth-order valence-corrected chi connectivity index (χ4v) is 2.55. The van der Waals surface area contributed by atoms with E-state index >= 15 is 0 Å². The van der Waals surface area contributed by atoms with Crippen LogP contribution in [0.25, 0.3) is 11.3 Å². The number of hydrogen-bond acceptors (Lipinski definition) is 5. The van der Waals surface area contributed by atoms with Crippen LogP contribution < -0.4 is 10.6 Å². The Morgan fingerprint density at radius 2 is 1.88 bits per heavy atom. The van der Waals surface area contributed by atoms with Gasteiger partial charge in [0, 0.05) is 29.7 Å². The van der Waals surface area contributed by atoms with E-state index in [4.69, 9.17) is 0 Å². The largest absolute Gasteiger partial charge is 0.367 e. The summed E-state index contributed by atoms with van der Waals surface area (Å²) in [5, 5.41) is 6.13. The van der Waals surface area contributed by atoms with Gasteiger partial charge in [0.15, 0.2) is 0 Å². The first kappa shape index (κ1) is 17.5. The molecule has 0 unspecified atom stereocenters. The lowest BCUT2D eigenvalue weighted by Gasteiger charge is -2.13. The van der Waals surface area contributed by atoms with Crippen molar-refractivity contribution < 1.29 is 4.79 Å². The molecular weight excluding hydrogens is 326 g/mol. The molecule has 2 N–H and O–H groups in total. The van der Waals surface area contributed by atoms with Gasteiger partial charge in [-0.25, -0.2) is 15.0 Å². The number of amides is 1. The zero-order valence-corrected chi connectivity index (χ0v) is 15.0. The van der Waals surface area contributed by atoms with Crippen LogP contribution in [0.2, 0.25) is 0 Å². The highest BCUT2D eigenvalue weighted by Crippen LogP contribution is 2.22. The molecule has 1 aromatic carbocycles. The minimum atomic E-state index is -0.211. The molecule has 0 spiro atoms. The van der Waals surface area contributed by atoms with Crippen LogP contribution in [0, 0.1) is 6.92 Å². The molecule has 3 aromatic rings. The molecule has 0 bridgehead atoms. The van der Waals surface area contributed by atoms with E-state index in [-0.39, 0.29) is 11.9 Å². The van der Waals surface area contributed by atoms with Crippen molar-refractivity contribution >= 4 is 17.4 Å². The van der Waals surface area contributed by atoms with Gasteiger partial charge >= 0.3 is 0 Å². The summed E-state index contributed by atoms with van der Waals surface area (Å²) in [6.45, 7) is 5.86. The Morgan fingerprint density at radius 3 is 2.65 bits per heavy atom. The molecular formula is C20H21N5O. The molecule has 6 heteroatoms. The molecule has 0 saturated heterocycles. The molecule has 0 saturated carbocycles. The second-order valence-electron chi connectivity index (χ2n) is 6.22. The summed E-state index contributed by atoms with van der Waals surface area (Å²) in [5.74, 6) is 1.07. The van der Waals surface area contributed by atoms with E-state index in [1.165, 1.54) is 0 Å². The molecule has 2 heterocycles. The summed E-state index contributed by atoms with van der Waals surface area (Å²) in [4.78, 5) is 25.5. The molecule has 0 radical (unpaired) electrons. The van der Waals surface area contributed by atoms with Gasteiger partial charge < -0.3 is 10.6 Å². The molecule has 0 aliphatic rings. The molecule has 0 atom stereocenters. The Hall–Kier alpha value is -3.28. The van der Waals surface area contributed by atoms with Gasteiger partial charge in [-0.2, -0.15) is 0 Å². The molecule has 3 rings (SSSR count). The quantitative estimate of drug-likeness (QED) is 0.731. The Morgan fingerprint density at radius 1 is 1.04 bits per heavy atom. The van der Waals surface area contributed by atoms with Gasteiger partial charge in [-0.15, -0.1) is 0 Å². The number of nitrogens with zero attached hydrogens (tertiary/aromatic N) is 3. The SMILES string of the molecule is Cc1nccc(-c2cccc(NC(=O)c3cccnc3NC(C)C)c2)n1. The van der Waals surface area contributed by atoms with E-state index in [1.807, 2.05) is 51.1 Å². The Bertz CT molecular complexity index is 923. The lowest BCUT2D eigenvalue weighted by atomic mass is 10.1. The van der Waals surface area contributed by atoms with Gasteiger partial charge in [0.25, 0.3) is 5.91 Å². The van der Waals surface area contributed by atoms with Crippen molar-refractivity contribution in [2.75, 3.05) is 10.6 Å². The molecule has 0 fully saturated rings. The summed E-state index contributed by atoms with van der Waals surface area (Å²) in [6.07, 6.45) is 3.39. The van der Waals surface area contributed by atoms with E-state index in [0.717, 1.165) is 11.3 Å². The Balaban J connectivity index is 1.84. The second kappa shape index (κ2) is 7.74. The lowest BCUT2D eigenvalue weighted by molar-refractivity contribution is 0.102. The van der Waals surface area contributed by atoms with Gasteiger partial charge in [0.05, 0.1) is 11.3 Å². The van der Waals surface area contributed by atoms with Crippen molar-refractivity contribution in [2.24, 2.45) is 0 Å². The third kappa shape index (κ3) is 4.22. The topological polar surface area (TPSA) is 79.8 Å². The minimum Gasteiger partial charge on any atom is -0.367 e. The summed E-state index contributed by atoms with van der Waals surface area (Å²) in [5.41, 5.74) is 2.93. The number of pyridine rings is 1. The predicted octanol–water partition coefficient (Wildman–Crippen LogP) is 3.92. The number of carbonyl (C=O) groups is 1. The van der Waals surface area contributed by atoms with Gasteiger partial charge in [-0.05, 0) is 51.1 Å². The van der Waals surface area contributed by atoms with Crippen molar-refractivity contribution in [3.8, 4) is 11.3 Å². The zero-order chi connectivity index (χ0) is 18.5. The molecule has 26 heavy (non-hydrogen) atoms. The van der Waals surface area contributed by atoms with Gasteiger partial charge in [0.1, 0.15) is 11.6 Å². The third-order valence-corrected chi connectivity index (χ3v) is 3.67. The van der Waals surface area contributed by atoms with Crippen LogP contribution in [0.3, 0.4) is 0 Å². The highest BCUT2D eigenvalue weighted by Gasteiger charge is 2.13. The molecule has 1 amide bonds. The molecule has 132 valence electrons. The zero-order valence-electron chi connectivity index (χ0n) is 15.0. The van der Waals surface area contributed by atoms with Crippen LogP contribution in [0.5, 0.6) is 0 Å². The van der Waals surface area contributed by atoms with Crippen LogP contribution in [-0.2, 0) is 0 Å². The summed E-state index contributed by atoms with van der Waals surface area (Å²) in [6, 6.07) is 13.1. The number of benzene rings is 1. The molecule has 6 nitrogen and oxygen atoms in total. The highest BCUT2D eigenvalue weighted by molar-refractivity contribution is 6.07. The minimum absolute atomic E-state index is 0.181. The summed E-state index contributed by atoms with van der Waals surface area (Å²) in [7, 11) is 0. The number of rotatable bonds is 5. The average molecular weight is 347 g/mol. The number of aryl methyl sites for hydroxylation is 1. The van der Waals surface area contributed by atoms with Gasteiger partial charge in [-0.3, -0.25) is 4.79 Å². The van der Waals surface area contributed by atoms with Crippen molar-refractivity contribution in [1.29, 1.82) is 0 Å². The molecule has 2 aromatic heterocycles. The number of anilines is 2. The lowest BCUT2D eigenvalue weighted by Crippen LogP contribution is -2.18. The van der Waals surface area contributed by atoms with Crippen LogP contribution in [-0.4, -0.2) is 26.9 Å². The number of aromatic nitrogens is 3. The monoisotopic (exact) mass is 347 g/mol. The Labute approximate surface area is 152 Å². The normalized spacial score (nSPS) is 10.6. The number of hydrogen-bond donors (Lipinski definition) is 2. The first-order chi connectivity index (χ1) is 12.5. The van der Waals surface area contributed by atoms with Gasteiger partial charge in [-0.1, -0.05) is 12.1 Å². The van der Waals surface area contributed by atoms with Crippen LogP contribution in [0.15, 0.2) is 54.9 Å². The predicted molar refractivity (Wildman–Crippen MR) is 103 cm³/mol. The van der Waals surface area contributed by atoms with Crippen LogP contribution in [0.1, 0.15) is 30.0 Å². The highest BCUT2D eigenvalue weighted by atomic mass is 16.1. The summed E-state index contributed by atoms with van der Waals surface area (Å²) >= 11 is 0. The first-order valence-corrected chi connectivity index (χ1v) is 8.46. The van der Waals surface area contributed by atoms with Crippen molar-refractivity contribution in [1.82, 2.24) is 15.0 Å². The summed E-state index contributed by atoms with van der Waals surface area (Å²) < 4.78 is 0. The smallest absolute Gasteiger partial charge is 0.259 e. The van der Waals surface area contributed by atoms with Crippen molar-refractivity contribution in [2.45, 2.75) is 26.8 Å². The van der Waals surface area contributed by atoms with Crippen LogP contribution in [0.4, 0.5) is 11.5 Å². The fraction of sp³-hybridized carbons (Fsp3) is 0.200. The maximum absolute atomic E-state index is 12.7. The van der Waals surface area contributed by atoms with E-state index in [0.29, 0.717) is 22.9 Å². The van der Waals surface area contributed by atoms with Gasteiger partial charge in [0.2, 0.25) is 0 Å². The van der Waals surface area contributed by atoms with Crippen molar-refractivity contribution in [3.05, 3.63) is 66.2 Å². The Kier molecular flexibility index (Phi) is 5.22. The van der Waals surface area contributed by atoms with E-state index < -0.39 is 0 Å². The maximum Gasteiger partial charge on any atom is 0.259 e. The number of nitrogens with one attached hydrogen (secondary N) is 2. The standard InChI is InChI=1S/C20H21N5O/c1-13(2)23-19-17(8-5-10-22-19)20(26)25-16-7-4-6-15(12-16)18-9-11-21-14(3)24-18/h4-13H,1-3H3,(H,22,23)(H,25,26). The van der Waals surface area contributed by atoms with Crippen molar-refractivity contribution in [3.63, 3.8) is 0 Å². The first-order valence-electron chi connectivity index (χ1n) is 8.46. The fourth-order valence-electron chi connectivity index (χ4n) is 2.55. The van der Waals surface area contributed by atoms with Crippen LogP contribution >= 0.6 is 0 Å². The number of carbonyl (C=O) groups excluding carboxylic acids is 1. The average Bonchev–Trinajstić information content (AvgIpc) is 2.62. The van der Waals surface area contributed by atoms with E-state index in [9.17, 15) is 4.79 Å². The van der Waals surface area contributed by atoms with E-state index in [1.54, 1.807) is 24.5 Å². The maximum atomic E-state index is 12.7. The third-order valence-electron chi connectivity index (χ3n) is 3.67. The molecule has 0 aliphatic carbocycles. The second-order valence-corrected chi connectivity index (χ2v) is 6.22. The van der Waals surface area contributed by atoms with E-state index in [2.05, 4.69) is 25.6 Å². The molecule has 0 aliphatic heterocycles.